The fourth-order valence-corrected chi connectivity index (χ4v) is 2.95. The van der Waals surface area contributed by atoms with Crippen molar-refractivity contribution in [3.8, 4) is 5.75 Å². The summed E-state index contributed by atoms with van der Waals surface area (Å²) >= 11 is 0. The van der Waals surface area contributed by atoms with Crippen LogP contribution >= 0.6 is 0 Å². The van der Waals surface area contributed by atoms with Gasteiger partial charge in [-0.25, -0.2) is 0 Å². The van der Waals surface area contributed by atoms with Crippen LogP contribution in [0.1, 0.15) is 23.2 Å². The minimum absolute atomic E-state index is 0.00269. The first-order valence-electron chi connectivity index (χ1n) is 7.03. The largest absolute Gasteiger partial charge is 0.496 e. The lowest BCUT2D eigenvalue weighted by Crippen LogP contribution is -2.31. The van der Waals surface area contributed by atoms with Crippen LogP contribution in [-0.4, -0.2) is 30.7 Å². The molecule has 2 aromatic carbocycles. The number of carbonyl (C=O) groups is 1. The number of Topliss-reactive ketones (excluding diaryl/α,β-unsaturated/α-hetero) is 1. The van der Waals surface area contributed by atoms with Crippen LogP contribution in [0.15, 0.2) is 30.3 Å². The number of carbonyl (C=O) groups excluding carboxylic acids is 1. The Labute approximate surface area is 122 Å². The van der Waals surface area contributed by atoms with Crippen LogP contribution in [0.3, 0.4) is 0 Å². The summed E-state index contributed by atoms with van der Waals surface area (Å²) in [6, 6.07) is 9.04. The Balaban J connectivity index is 2.22. The van der Waals surface area contributed by atoms with Crippen LogP contribution < -0.4 is 15.5 Å². The summed E-state index contributed by atoms with van der Waals surface area (Å²) in [5.74, 6) is 0.626. The standard InChI is InChI=1S/C16H18N2O3/c1-21-14-9-13(18-20)15(11-6-3-2-5-10(11)14)16(19)12-7-4-8-17-12/h2-3,5-6,9,12,17-18,20H,4,7-8H2,1H3/t12-/m0/s1. The number of methoxy groups -OCH3 is 1. The molecule has 0 unspecified atom stereocenters. The number of hydrogen-bond donors (Lipinski definition) is 3. The van der Waals surface area contributed by atoms with Crippen molar-refractivity contribution in [2.24, 2.45) is 0 Å². The molecule has 2 aromatic rings. The molecule has 1 heterocycles. The van der Waals surface area contributed by atoms with Crippen molar-refractivity contribution in [1.82, 2.24) is 5.32 Å². The SMILES string of the molecule is COc1cc(NO)c(C(=O)[C@@H]2CCCN2)c2ccccc12. The van der Waals surface area contributed by atoms with Crippen molar-refractivity contribution in [2.45, 2.75) is 18.9 Å². The number of ether oxygens (including phenoxy) is 1. The predicted octanol–water partition coefficient (Wildman–Crippen LogP) is 2.58. The first-order valence-corrected chi connectivity index (χ1v) is 7.03. The zero-order valence-electron chi connectivity index (χ0n) is 11.8. The van der Waals surface area contributed by atoms with Crippen LogP contribution in [-0.2, 0) is 0 Å². The Kier molecular flexibility index (Phi) is 3.77. The Hall–Kier alpha value is -2.11. The van der Waals surface area contributed by atoms with Crippen LogP contribution in [0, 0.1) is 0 Å². The number of hydrogen-bond acceptors (Lipinski definition) is 5. The van der Waals surface area contributed by atoms with Crippen LogP contribution in [0.5, 0.6) is 5.75 Å². The van der Waals surface area contributed by atoms with E-state index >= 15 is 0 Å². The van der Waals surface area contributed by atoms with Gasteiger partial charge in [0.2, 0.25) is 0 Å². The van der Waals surface area contributed by atoms with Gasteiger partial charge in [-0.05, 0) is 24.8 Å². The van der Waals surface area contributed by atoms with Crippen LogP contribution in [0.25, 0.3) is 10.8 Å². The molecule has 1 aliphatic rings. The van der Waals surface area contributed by atoms with Gasteiger partial charge in [0.1, 0.15) is 5.75 Å². The Morgan fingerprint density at radius 1 is 1.38 bits per heavy atom. The third-order valence-electron chi connectivity index (χ3n) is 3.97. The Morgan fingerprint density at radius 2 is 2.14 bits per heavy atom. The molecule has 1 saturated heterocycles. The molecule has 0 saturated carbocycles. The fraction of sp³-hybridized carbons (Fsp3) is 0.312. The monoisotopic (exact) mass is 286 g/mol. The molecular weight excluding hydrogens is 268 g/mol. The zero-order chi connectivity index (χ0) is 14.8. The van der Waals surface area contributed by atoms with Crippen molar-refractivity contribution in [1.29, 1.82) is 0 Å². The van der Waals surface area contributed by atoms with Crippen molar-refractivity contribution >= 4 is 22.2 Å². The van der Waals surface area contributed by atoms with E-state index in [1.54, 1.807) is 13.2 Å². The smallest absolute Gasteiger partial charge is 0.182 e. The highest BCUT2D eigenvalue weighted by atomic mass is 16.5. The third kappa shape index (κ3) is 2.34. The van der Waals surface area contributed by atoms with Gasteiger partial charge < -0.3 is 10.1 Å². The van der Waals surface area contributed by atoms with Crippen molar-refractivity contribution in [2.75, 3.05) is 19.1 Å². The summed E-state index contributed by atoms with van der Waals surface area (Å²) in [7, 11) is 1.57. The van der Waals surface area contributed by atoms with E-state index in [0.29, 0.717) is 17.0 Å². The van der Waals surface area contributed by atoms with Crippen molar-refractivity contribution in [3.63, 3.8) is 0 Å². The molecule has 5 nitrogen and oxygen atoms in total. The van der Waals surface area contributed by atoms with E-state index in [2.05, 4.69) is 10.8 Å². The predicted molar refractivity (Wildman–Crippen MR) is 81.3 cm³/mol. The van der Waals surface area contributed by atoms with E-state index in [0.717, 1.165) is 30.2 Å². The molecule has 3 N–H and O–H groups in total. The lowest BCUT2D eigenvalue weighted by atomic mass is 9.94. The van der Waals surface area contributed by atoms with Crippen molar-refractivity contribution < 1.29 is 14.7 Å². The summed E-state index contributed by atoms with van der Waals surface area (Å²) in [5.41, 5.74) is 3.02. The van der Waals surface area contributed by atoms with E-state index in [-0.39, 0.29) is 11.8 Å². The lowest BCUT2D eigenvalue weighted by Gasteiger charge is -2.17. The second-order valence-corrected chi connectivity index (χ2v) is 5.17. The van der Waals surface area contributed by atoms with E-state index in [1.807, 2.05) is 24.3 Å². The summed E-state index contributed by atoms with van der Waals surface area (Å²) in [5, 5.41) is 14.3. The first kappa shape index (κ1) is 13.9. The van der Waals surface area contributed by atoms with E-state index in [1.165, 1.54) is 0 Å². The topological polar surface area (TPSA) is 70.6 Å². The number of nitrogens with one attached hydrogen (secondary N) is 2. The number of ketones is 1. The van der Waals surface area contributed by atoms with Gasteiger partial charge in [0.25, 0.3) is 0 Å². The van der Waals surface area contributed by atoms with E-state index < -0.39 is 0 Å². The highest BCUT2D eigenvalue weighted by Crippen LogP contribution is 2.35. The van der Waals surface area contributed by atoms with Gasteiger partial charge in [0.05, 0.1) is 24.4 Å². The molecule has 1 fully saturated rings. The second-order valence-electron chi connectivity index (χ2n) is 5.17. The van der Waals surface area contributed by atoms with Crippen LogP contribution in [0.2, 0.25) is 0 Å². The molecule has 3 rings (SSSR count). The molecule has 0 aliphatic carbocycles. The molecule has 110 valence electrons. The van der Waals surface area contributed by atoms with Gasteiger partial charge in [-0.15, -0.1) is 0 Å². The second kappa shape index (κ2) is 5.71. The quantitative estimate of drug-likeness (QED) is 0.595. The van der Waals surface area contributed by atoms with Gasteiger partial charge in [-0.1, -0.05) is 24.3 Å². The minimum Gasteiger partial charge on any atom is -0.496 e. The third-order valence-corrected chi connectivity index (χ3v) is 3.97. The van der Waals surface area contributed by atoms with Gasteiger partial charge in [0, 0.05) is 11.5 Å². The molecule has 0 spiro atoms. The maximum absolute atomic E-state index is 12.8. The van der Waals surface area contributed by atoms with Crippen molar-refractivity contribution in [3.05, 3.63) is 35.9 Å². The molecule has 21 heavy (non-hydrogen) atoms. The summed E-state index contributed by atoms with van der Waals surface area (Å²) in [4.78, 5) is 12.8. The fourth-order valence-electron chi connectivity index (χ4n) is 2.95. The maximum Gasteiger partial charge on any atom is 0.182 e. The van der Waals surface area contributed by atoms with E-state index in [4.69, 9.17) is 4.74 Å². The molecule has 0 aromatic heterocycles. The van der Waals surface area contributed by atoms with Gasteiger partial charge >= 0.3 is 0 Å². The summed E-state index contributed by atoms with van der Waals surface area (Å²) in [6.07, 6.45) is 1.82. The lowest BCUT2D eigenvalue weighted by molar-refractivity contribution is 0.0954. The average molecular weight is 286 g/mol. The van der Waals surface area contributed by atoms with E-state index in [9.17, 15) is 10.0 Å². The Morgan fingerprint density at radius 3 is 2.76 bits per heavy atom. The van der Waals surface area contributed by atoms with Gasteiger partial charge in [-0.2, -0.15) is 0 Å². The molecule has 0 bridgehead atoms. The highest BCUT2D eigenvalue weighted by Gasteiger charge is 2.27. The number of benzene rings is 2. The first-order chi connectivity index (χ1) is 10.3. The van der Waals surface area contributed by atoms with Crippen LogP contribution in [0.4, 0.5) is 5.69 Å². The number of fused-ring (bicyclic) bond motifs is 1. The molecule has 1 aliphatic heterocycles. The Bertz CT molecular complexity index is 679. The number of rotatable bonds is 4. The zero-order valence-corrected chi connectivity index (χ0v) is 11.8. The molecule has 0 amide bonds. The normalized spacial score (nSPS) is 17.9. The summed E-state index contributed by atoms with van der Waals surface area (Å²) < 4.78 is 5.35. The average Bonchev–Trinajstić information content (AvgIpc) is 3.07. The summed E-state index contributed by atoms with van der Waals surface area (Å²) in [6.45, 7) is 0.854. The van der Waals surface area contributed by atoms with Gasteiger partial charge in [-0.3, -0.25) is 15.5 Å². The molecule has 1 atom stereocenters. The molecular formula is C16H18N2O3. The number of anilines is 1. The maximum atomic E-state index is 12.8. The minimum atomic E-state index is -0.186. The van der Waals surface area contributed by atoms with Gasteiger partial charge in [0.15, 0.2) is 5.78 Å². The molecule has 0 radical (unpaired) electrons. The highest BCUT2D eigenvalue weighted by molar-refractivity contribution is 6.16. The molecule has 5 heteroatoms.